The first-order chi connectivity index (χ1) is 7.97. The normalized spacial score (nSPS) is 9.35. The van der Waals surface area contributed by atoms with Crippen LogP contribution in [0.2, 0.25) is 0 Å². The van der Waals surface area contributed by atoms with E-state index in [-0.39, 0.29) is 32.0 Å². The first kappa shape index (κ1) is 15.2. The molecule has 0 rings (SSSR count). The maximum Gasteiger partial charge on any atom is 0.325 e. The lowest BCUT2D eigenvalue weighted by atomic mass is 10.4. The third kappa shape index (κ3) is 8.06. The van der Waals surface area contributed by atoms with E-state index in [4.69, 9.17) is 0 Å². The monoisotopic (exact) mass is 245 g/mol. The average Bonchev–Trinajstić information content (AvgIpc) is 2.26. The van der Waals surface area contributed by atoms with Crippen LogP contribution >= 0.6 is 0 Å². The number of rotatable bonds is 6. The highest BCUT2D eigenvalue weighted by Crippen LogP contribution is 1.84. The topological polar surface area (TPSA) is 87.7 Å². The van der Waals surface area contributed by atoms with E-state index in [1.54, 1.807) is 21.0 Å². The van der Waals surface area contributed by atoms with Crippen LogP contribution in [0.25, 0.3) is 0 Å². The average molecular weight is 245 g/mol. The van der Waals surface area contributed by atoms with Gasteiger partial charge in [0.25, 0.3) is 0 Å². The Morgan fingerprint density at radius 2 is 1.82 bits per heavy atom. The lowest BCUT2D eigenvalue weighted by Gasteiger charge is -2.10. The second kappa shape index (κ2) is 8.37. The zero-order chi connectivity index (χ0) is 13.3. The lowest BCUT2D eigenvalue weighted by molar-refractivity contribution is -0.141. The fourth-order valence-corrected chi connectivity index (χ4v) is 0.934. The van der Waals surface area contributed by atoms with E-state index in [2.05, 4.69) is 15.4 Å². The molecule has 0 aliphatic rings. The van der Waals surface area contributed by atoms with Gasteiger partial charge in [-0.2, -0.15) is 0 Å². The van der Waals surface area contributed by atoms with Gasteiger partial charge in [-0.15, -0.1) is 0 Å². The van der Waals surface area contributed by atoms with Crippen molar-refractivity contribution in [2.75, 3.05) is 33.8 Å². The van der Waals surface area contributed by atoms with Crippen molar-refractivity contribution in [1.82, 2.24) is 15.5 Å². The van der Waals surface area contributed by atoms with Crippen molar-refractivity contribution in [3.8, 4) is 0 Å². The predicted molar refractivity (Wildman–Crippen MR) is 61.3 cm³/mol. The first-order valence-corrected chi connectivity index (χ1v) is 5.34. The van der Waals surface area contributed by atoms with Crippen LogP contribution in [0.4, 0.5) is 4.79 Å². The van der Waals surface area contributed by atoms with Gasteiger partial charge in [-0.25, -0.2) is 4.79 Å². The van der Waals surface area contributed by atoms with Gasteiger partial charge in [-0.3, -0.25) is 9.59 Å². The molecular formula is C10H19N3O4. The van der Waals surface area contributed by atoms with E-state index >= 15 is 0 Å². The highest BCUT2D eigenvalue weighted by Gasteiger charge is 2.07. The molecular weight excluding hydrogens is 226 g/mol. The fourth-order valence-electron chi connectivity index (χ4n) is 0.934. The van der Waals surface area contributed by atoms with Crippen LogP contribution in [0.15, 0.2) is 0 Å². The molecule has 0 spiro atoms. The molecule has 7 nitrogen and oxygen atoms in total. The summed E-state index contributed by atoms with van der Waals surface area (Å²) in [6.45, 7) is 2.01. The summed E-state index contributed by atoms with van der Waals surface area (Å²) in [5.74, 6) is -0.567. The zero-order valence-corrected chi connectivity index (χ0v) is 10.4. The Kier molecular flexibility index (Phi) is 7.49. The standard InChI is InChI=1S/C10H19N3O4/c1-4-17-9(15)7-12-10(16)11-6-5-8(14)13(2)3/h4-7H2,1-3H3,(H2,11,12,16). The van der Waals surface area contributed by atoms with Crippen molar-refractivity contribution in [3.05, 3.63) is 0 Å². The Morgan fingerprint density at radius 3 is 2.35 bits per heavy atom. The van der Waals surface area contributed by atoms with Crippen molar-refractivity contribution in [3.63, 3.8) is 0 Å². The quantitative estimate of drug-likeness (QED) is 0.607. The molecule has 0 aromatic carbocycles. The molecule has 0 bridgehead atoms. The molecule has 0 aromatic heterocycles. The number of nitrogens with zero attached hydrogens (tertiary/aromatic N) is 1. The summed E-state index contributed by atoms with van der Waals surface area (Å²) in [4.78, 5) is 34.6. The summed E-state index contributed by atoms with van der Waals surface area (Å²) in [5, 5.41) is 4.78. The summed E-state index contributed by atoms with van der Waals surface area (Å²) >= 11 is 0. The molecule has 0 fully saturated rings. The van der Waals surface area contributed by atoms with Gasteiger partial charge < -0.3 is 20.3 Å². The molecule has 7 heteroatoms. The number of carbonyl (C=O) groups is 3. The van der Waals surface area contributed by atoms with Gasteiger partial charge in [-0.1, -0.05) is 0 Å². The molecule has 2 N–H and O–H groups in total. The smallest absolute Gasteiger partial charge is 0.325 e. The van der Waals surface area contributed by atoms with Crippen molar-refractivity contribution in [2.24, 2.45) is 0 Å². The van der Waals surface area contributed by atoms with E-state index in [1.807, 2.05) is 0 Å². The third-order valence-electron chi connectivity index (χ3n) is 1.82. The van der Waals surface area contributed by atoms with Crippen molar-refractivity contribution < 1.29 is 19.1 Å². The summed E-state index contributed by atoms with van der Waals surface area (Å²) in [6.07, 6.45) is 0.222. The molecule has 0 atom stereocenters. The molecule has 0 aliphatic heterocycles. The van der Waals surface area contributed by atoms with Gasteiger partial charge in [0.2, 0.25) is 5.91 Å². The fraction of sp³-hybridized carbons (Fsp3) is 0.700. The van der Waals surface area contributed by atoms with Crippen molar-refractivity contribution in [1.29, 1.82) is 0 Å². The minimum absolute atomic E-state index is 0.0734. The second-order valence-corrected chi connectivity index (χ2v) is 3.45. The predicted octanol–water partition coefficient (Wildman–Crippen LogP) is -0.673. The maximum absolute atomic E-state index is 11.2. The van der Waals surface area contributed by atoms with Gasteiger partial charge in [0, 0.05) is 27.1 Å². The Hall–Kier alpha value is -1.79. The van der Waals surface area contributed by atoms with Gasteiger partial charge in [0.1, 0.15) is 6.54 Å². The van der Waals surface area contributed by atoms with E-state index in [0.29, 0.717) is 0 Å². The number of esters is 1. The van der Waals surface area contributed by atoms with E-state index in [0.717, 1.165) is 0 Å². The molecule has 0 unspecified atom stereocenters. The molecule has 0 saturated carbocycles. The Labute approximate surface area is 100 Å². The summed E-state index contributed by atoms with van der Waals surface area (Å²) < 4.78 is 4.62. The Bertz CT molecular complexity index is 279. The van der Waals surface area contributed by atoms with E-state index < -0.39 is 12.0 Å². The Balaban J connectivity index is 3.60. The van der Waals surface area contributed by atoms with Crippen LogP contribution < -0.4 is 10.6 Å². The van der Waals surface area contributed by atoms with Gasteiger partial charge >= 0.3 is 12.0 Å². The van der Waals surface area contributed by atoms with Crippen LogP contribution in [-0.2, 0) is 14.3 Å². The van der Waals surface area contributed by atoms with Crippen LogP contribution in [0.1, 0.15) is 13.3 Å². The van der Waals surface area contributed by atoms with Crippen molar-refractivity contribution >= 4 is 17.9 Å². The molecule has 98 valence electrons. The lowest BCUT2D eigenvalue weighted by Crippen LogP contribution is -2.40. The van der Waals surface area contributed by atoms with E-state index in [9.17, 15) is 14.4 Å². The number of hydrogen-bond acceptors (Lipinski definition) is 4. The summed E-state index contributed by atoms with van der Waals surface area (Å²) in [7, 11) is 3.28. The van der Waals surface area contributed by atoms with Crippen molar-refractivity contribution in [2.45, 2.75) is 13.3 Å². The first-order valence-electron chi connectivity index (χ1n) is 5.34. The molecule has 0 aromatic rings. The zero-order valence-electron chi connectivity index (χ0n) is 10.4. The number of nitrogens with one attached hydrogen (secondary N) is 2. The molecule has 3 amide bonds. The van der Waals surface area contributed by atoms with Gasteiger partial charge in [-0.05, 0) is 6.92 Å². The molecule has 0 aliphatic carbocycles. The van der Waals surface area contributed by atoms with Crippen LogP contribution in [0.3, 0.4) is 0 Å². The van der Waals surface area contributed by atoms with E-state index in [1.165, 1.54) is 4.90 Å². The molecule has 0 heterocycles. The third-order valence-corrected chi connectivity index (χ3v) is 1.82. The largest absolute Gasteiger partial charge is 0.465 e. The molecule has 17 heavy (non-hydrogen) atoms. The second-order valence-electron chi connectivity index (χ2n) is 3.45. The summed E-state index contributed by atoms with van der Waals surface area (Å²) in [5.41, 5.74) is 0. The van der Waals surface area contributed by atoms with Crippen LogP contribution in [-0.4, -0.2) is 56.6 Å². The number of hydrogen-bond donors (Lipinski definition) is 2. The minimum atomic E-state index is -0.496. The number of urea groups is 1. The maximum atomic E-state index is 11.2. The van der Waals surface area contributed by atoms with Crippen LogP contribution in [0, 0.1) is 0 Å². The SMILES string of the molecule is CCOC(=O)CNC(=O)NCCC(=O)N(C)C. The highest BCUT2D eigenvalue weighted by atomic mass is 16.5. The molecule has 0 radical (unpaired) electrons. The van der Waals surface area contributed by atoms with Gasteiger partial charge in [0.15, 0.2) is 0 Å². The Morgan fingerprint density at radius 1 is 1.18 bits per heavy atom. The van der Waals surface area contributed by atoms with Gasteiger partial charge in [0.05, 0.1) is 6.61 Å². The highest BCUT2D eigenvalue weighted by molar-refractivity contribution is 5.81. The number of ether oxygens (including phenoxy) is 1. The number of carbonyl (C=O) groups excluding carboxylic acids is 3. The molecule has 0 saturated heterocycles. The minimum Gasteiger partial charge on any atom is -0.465 e. The van der Waals surface area contributed by atoms with Crippen LogP contribution in [0.5, 0.6) is 0 Å². The number of amides is 3. The summed E-state index contributed by atoms with van der Waals surface area (Å²) in [6, 6.07) is -0.496.